The van der Waals surface area contributed by atoms with E-state index in [9.17, 15) is 24.3 Å². The highest BCUT2D eigenvalue weighted by Gasteiger charge is 2.35. The van der Waals surface area contributed by atoms with Crippen LogP contribution in [0.2, 0.25) is 0 Å². The van der Waals surface area contributed by atoms with Gasteiger partial charge in [0.1, 0.15) is 11.3 Å². The Hall–Kier alpha value is -5.19. The molecule has 0 spiro atoms. The second kappa shape index (κ2) is 18.0. The summed E-state index contributed by atoms with van der Waals surface area (Å²) in [4.78, 5) is 52.8. The molecule has 16 heteroatoms. The molecule has 0 radical (unpaired) electrons. The average Bonchev–Trinajstić information content (AvgIpc) is 3.66. The summed E-state index contributed by atoms with van der Waals surface area (Å²) in [7, 11) is 0. The number of imide groups is 1. The Morgan fingerprint density at radius 1 is 1.11 bits per heavy atom. The summed E-state index contributed by atoms with van der Waals surface area (Å²) in [6.45, 7) is 11.3. The minimum atomic E-state index is -1.19. The highest BCUT2D eigenvalue weighted by atomic mass is 32.2. The number of hydrogen-bond acceptors (Lipinski definition) is 13. The predicted molar refractivity (Wildman–Crippen MR) is 200 cm³/mol. The molecule has 1 aromatic heterocycles. The summed E-state index contributed by atoms with van der Waals surface area (Å²) in [6.07, 6.45) is 4.34. The maximum atomic E-state index is 13.3. The number of Topliss-reactive ketones (excluding diaryl/α,β-unsaturated/α-hetero) is 1. The zero-order valence-corrected chi connectivity index (χ0v) is 31.6. The molecular weight excluding hydrogens is 703 g/mol. The van der Waals surface area contributed by atoms with E-state index in [1.807, 2.05) is 44.2 Å². The van der Waals surface area contributed by atoms with Gasteiger partial charge in [0.2, 0.25) is 17.5 Å². The molecule has 0 aliphatic carbocycles. The van der Waals surface area contributed by atoms with Crippen molar-refractivity contribution in [3.63, 3.8) is 0 Å². The number of para-hydroxylation sites is 1. The molecule has 53 heavy (non-hydrogen) atoms. The van der Waals surface area contributed by atoms with E-state index >= 15 is 0 Å². The number of amides is 3. The summed E-state index contributed by atoms with van der Waals surface area (Å²) in [6, 6.07) is 13.2. The molecule has 5 N–H and O–H groups in total. The number of nitrogens with one attached hydrogen (secondary N) is 2. The number of phenolic OH excluding ortho intramolecular Hbond substituents is 1. The number of ether oxygens (including phenoxy) is 3. The first kappa shape index (κ1) is 40.6. The molecule has 4 rings (SSSR count). The first-order chi connectivity index (χ1) is 25.1. The number of allylic oxidation sites excluding steroid dienone is 1. The molecule has 284 valence electrons. The number of phenols is 1. The molecule has 0 atom stereocenters. The van der Waals surface area contributed by atoms with Crippen molar-refractivity contribution in [2.45, 2.75) is 78.8 Å². The standard InChI is InChI=1S/C37H47N7O8S/c1-7-50-34(48)31-32(47)30(53-33(31)39-26-12-9-8-10-13-26)21-25-14-15-29(28(46)20-25)52-37(5,6)51-19-16-36(3,4)40-35(49)44(24(2)45)23-27-22-43(42-41-27)18-11-17-38/h8-10,12-15,20-22,39,46H,7,11,16-19,23,38H2,1-6H3,(H,40,49)/b30-21-. The predicted octanol–water partition coefficient (Wildman–Crippen LogP) is 4.93. The Kier molecular flexibility index (Phi) is 13.8. The Labute approximate surface area is 312 Å². The molecule has 0 bridgehead atoms. The van der Waals surface area contributed by atoms with Gasteiger partial charge in [-0.05, 0) is 76.1 Å². The van der Waals surface area contributed by atoms with Crippen molar-refractivity contribution in [3.05, 3.63) is 81.5 Å². The van der Waals surface area contributed by atoms with Crippen LogP contribution in [0.15, 0.2) is 70.2 Å². The lowest BCUT2D eigenvalue weighted by Crippen LogP contribution is -2.51. The number of esters is 1. The first-order valence-corrected chi connectivity index (χ1v) is 18.0. The molecule has 3 aromatic rings. The third-order valence-electron chi connectivity index (χ3n) is 7.78. The van der Waals surface area contributed by atoms with Gasteiger partial charge in [0.15, 0.2) is 11.5 Å². The Morgan fingerprint density at radius 3 is 2.51 bits per heavy atom. The van der Waals surface area contributed by atoms with Crippen LogP contribution in [0.25, 0.3) is 6.08 Å². The SMILES string of the molecule is CCOC(=O)C1=C(Nc2ccccc2)S/C(=C\c2ccc(OC(C)(C)OCCC(C)(C)NC(=O)N(Cc3cn(CCCN)nn3)C(C)=O)c(O)c2)C1=O. The van der Waals surface area contributed by atoms with Gasteiger partial charge in [-0.3, -0.25) is 19.2 Å². The van der Waals surface area contributed by atoms with E-state index in [2.05, 4.69) is 20.9 Å². The quantitative estimate of drug-likeness (QED) is 0.0627. The lowest BCUT2D eigenvalue weighted by atomic mass is 10.0. The Bertz CT molecular complexity index is 1860. The molecule has 0 saturated heterocycles. The Balaban J connectivity index is 1.34. The van der Waals surface area contributed by atoms with Crippen LogP contribution < -0.4 is 21.1 Å². The number of ketones is 1. The molecular formula is C37H47N7O8S. The number of rotatable bonds is 17. The van der Waals surface area contributed by atoms with Crippen LogP contribution in [0, 0.1) is 0 Å². The highest BCUT2D eigenvalue weighted by molar-refractivity contribution is 8.08. The van der Waals surface area contributed by atoms with Gasteiger partial charge in [0.05, 0.1) is 35.9 Å². The largest absolute Gasteiger partial charge is 0.504 e. The number of benzene rings is 2. The summed E-state index contributed by atoms with van der Waals surface area (Å²) < 4.78 is 18.8. The average molecular weight is 750 g/mol. The number of aromatic hydroxyl groups is 1. The number of urea groups is 1. The van der Waals surface area contributed by atoms with E-state index in [0.29, 0.717) is 41.5 Å². The second-order valence-corrected chi connectivity index (χ2v) is 14.3. The molecule has 15 nitrogen and oxygen atoms in total. The lowest BCUT2D eigenvalue weighted by Gasteiger charge is -2.32. The first-order valence-electron chi connectivity index (χ1n) is 17.1. The van der Waals surface area contributed by atoms with Crippen LogP contribution in [0.3, 0.4) is 0 Å². The number of thioether (sulfide) groups is 1. The number of carbonyl (C=O) groups excluding carboxylic acids is 4. The van der Waals surface area contributed by atoms with E-state index in [-0.39, 0.29) is 41.7 Å². The number of anilines is 1. The summed E-state index contributed by atoms with van der Waals surface area (Å²) in [5.74, 6) is -2.89. The fourth-order valence-corrected chi connectivity index (χ4v) is 6.10. The van der Waals surface area contributed by atoms with Gasteiger partial charge in [-0.1, -0.05) is 41.2 Å². The van der Waals surface area contributed by atoms with Gasteiger partial charge in [0.25, 0.3) is 0 Å². The van der Waals surface area contributed by atoms with Crippen molar-refractivity contribution in [2.75, 3.05) is 25.1 Å². The van der Waals surface area contributed by atoms with E-state index < -0.39 is 35.0 Å². The van der Waals surface area contributed by atoms with Crippen molar-refractivity contribution in [1.82, 2.24) is 25.2 Å². The third kappa shape index (κ3) is 11.7. The normalized spacial score (nSPS) is 14.0. The Morgan fingerprint density at radius 2 is 1.85 bits per heavy atom. The molecule has 3 amide bonds. The van der Waals surface area contributed by atoms with Crippen LogP contribution >= 0.6 is 11.8 Å². The smallest absolute Gasteiger partial charge is 0.344 e. The van der Waals surface area contributed by atoms with Gasteiger partial charge >= 0.3 is 12.0 Å². The molecule has 0 saturated carbocycles. The molecule has 0 unspecified atom stereocenters. The van der Waals surface area contributed by atoms with Gasteiger partial charge < -0.3 is 35.7 Å². The summed E-state index contributed by atoms with van der Waals surface area (Å²) >= 11 is 1.10. The second-order valence-electron chi connectivity index (χ2n) is 13.2. The van der Waals surface area contributed by atoms with Gasteiger partial charge in [-0.25, -0.2) is 9.59 Å². The van der Waals surface area contributed by atoms with Gasteiger partial charge in [-0.15, -0.1) is 5.10 Å². The van der Waals surface area contributed by atoms with Crippen molar-refractivity contribution in [1.29, 1.82) is 0 Å². The van der Waals surface area contributed by atoms with E-state index in [0.717, 1.165) is 23.1 Å². The monoisotopic (exact) mass is 749 g/mol. The fraction of sp³-hybridized carbons (Fsp3) is 0.405. The zero-order chi connectivity index (χ0) is 38.8. The van der Waals surface area contributed by atoms with Crippen LogP contribution in [-0.2, 0) is 36.9 Å². The van der Waals surface area contributed by atoms with Crippen LogP contribution in [0.5, 0.6) is 11.5 Å². The maximum absolute atomic E-state index is 13.3. The van der Waals surface area contributed by atoms with Crippen molar-refractivity contribution in [3.8, 4) is 11.5 Å². The number of nitrogens with two attached hydrogens (primary N) is 1. The van der Waals surface area contributed by atoms with Crippen LogP contribution in [0.1, 0.15) is 65.6 Å². The highest BCUT2D eigenvalue weighted by Crippen LogP contribution is 2.41. The van der Waals surface area contributed by atoms with Gasteiger partial charge in [-0.2, -0.15) is 0 Å². The van der Waals surface area contributed by atoms with E-state index in [4.69, 9.17) is 19.9 Å². The van der Waals surface area contributed by atoms with E-state index in [1.165, 1.54) is 13.0 Å². The summed E-state index contributed by atoms with van der Waals surface area (Å²) in [5.41, 5.74) is 6.36. The van der Waals surface area contributed by atoms with Crippen LogP contribution in [-0.4, -0.2) is 79.8 Å². The minimum absolute atomic E-state index is 0.0379. The van der Waals surface area contributed by atoms with Gasteiger partial charge in [0, 0.05) is 38.5 Å². The zero-order valence-electron chi connectivity index (χ0n) is 30.8. The van der Waals surface area contributed by atoms with Crippen molar-refractivity contribution >= 4 is 47.2 Å². The molecule has 2 heterocycles. The molecule has 2 aromatic carbocycles. The number of hydrogen-bond donors (Lipinski definition) is 4. The third-order valence-corrected chi connectivity index (χ3v) is 8.82. The molecule has 0 fully saturated rings. The number of carbonyl (C=O) groups is 4. The fourth-order valence-electron chi connectivity index (χ4n) is 5.05. The number of aryl methyl sites for hydroxylation is 1. The molecule has 1 aliphatic rings. The number of aromatic nitrogens is 3. The summed E-state index contributed by atoms with van der Waals surface area (Å²) in [5, 5.41) is 25.3. The van der Waals surface area contributed by atoms with Crippen LogP contribution in [0.4, 0.5) is 10.5 Å². The van der Waals surface area contributed by atoms with E-state index in [1.54, 1.807) is 49.9 Å². The van der Waals surface area contributed by atoms with Crippen molar-refractivity contribution in [2.24, 2.45) is 5.73 Å². The van der Waals surface area contributed by atoms with Crippen molar-refractivity contribution < 1.29 is 38.5 Å². The molecule has 1 aliphatic heterocycles. The lowest BCUT2D eigenvalue weighted by molar-refractivity contribution is -0.159. The topological polar surface area (TPSA) is 200 Å². The number of nitrogens with zero attached hydrogens (tertiary/aromatic N) is 4. The minimum Gasteiger partial charge on any atom is -0.504 e. The maximum Gasteiger partial charge on any atom is 0.344 e.